The Morgan fingerprint density at radius 1 is 1.22 bits per heavy atom. The van der Waals surface area contributed by atoms with Crippen molar-refractivity contribution in [3.8, 4) is 0 Å². The zero-order chi connectivity index (χ0) is 17.2. The Labute approximate surface area is 141 Å². The van der Waals surface area contributed by atoms with E-state index in [2.05, 4.69) is 73.1 Å². The monoisotopic (exact) mass is 319 g/mol. The van der Waals surface area contributed by atoms with E-state index in [1.165, 1.54) is 5.56 Å². The number of hydrogen-bond donors (Lipinski definition) is 2. The lowest BCUT2D eigenvalue weighted by Crippen LogP contribution is -2.45. The Morgan fingerprint density at radius 3 is 2.48 bits per heavy atom. The standard InChI is InChI=1S/C18H33N5/c1-7-19-18(21-11-12-23(14(2)3)15(4)5)22-13-17-16(6)9-8-10-20-17/h8-10,14-15H,7,11-13H2,1-6H3,(H2,19,21,22). The van der Waals surface area contributed by atoms with Crippen molar-refractivity contribution in [2.45, 2.75) is 60.2 Å². The lowest BCUT2D eigenvalue weighted by Gasteiger charge is -2.30. The average molecular weight is 319 g/mol. The Morgan fingerprint density at radius 2 is 1.91 bits per heavy atom. The van der Waals surface area contributed by atoms with Gasteiger partial charge in [0.15, 0.2) is 5.96 Å². The molecule has 0 aliphatic heterocycles. The highest BCUT2D eigenvalue weighted by Gasteiger charge is 2.12. The van der Waals surface area contributed by atoms with Gasteiger partial charge in [0.25, 0.3) is 0 Å². The number of guanidine groups is 1. The van der Waals surface area contributed by atoms with Crippen molar-refractivity contribution in [1.29, 1.82) is 0 Å². The Bertz CT molecular complexity index is 474. The molecule has 1 aromatic rings. The molecule has 0 bridgehead atoms. The lowest BCUT2D eigenvalue weighted by atomic mass is 10.2. The fraction of sp³-hybridized carbons (Fsp3) is 0.667. The zero-order valence-electron chi connectivity index (χ0n) is 15.6. The van der Waals surface area contributed by atoms with Gasteiger partial charge in [0.05, 0.1) is 12.2 Å². The smallest absolute Gasteiger partial charge is 0.191 e. The molecule has 0 amide bonds. The van der Waals surface area contributed by atoms with Gasteiger partial charge in [0.2, 0.25) is 0 Å². The molecule has 0 atom stereocenters. The molecule has 0 unspecified atom stereocenters. The second-order valence-electron chi connectivity index (χ2n) is 6.31. The number of rotatable bonds is 8. The molecule has 0 aliphatic carbocycles. The van der Waals surface area contributed by atoms with Crippen LogP contribution in [0, 0.1) is 6.92 Å². The fourth-order valence-electron chi connectivity index (χ4n) is 2.60. The van der Waals surface area contributed by atoms with Gasteiger partial charge >= 0.3 is 0 Å². The van der Waals surface area contributed by atoms with Crippen molar-refractivity contribution in [2.24, 2.45) is 4.99 Å². The second kappa shape index (κ2) is 10.2. The summed E-state index contributed by atoms with van der Waals surface area (Å²) in [6.07, 6.45) is 1.82. The van der Waals surface area contributed by atoms with Crippen LogP contribution in [0.25, 0.3) is 0 Å². The predicted molar refractivity (Wildman–Crippen MR) is 98.8 cm³/mol. The van der Waals surface area contributed by atoms with Gasteiger partial charge in [-0.15, -0.1) is 0 Å². The molecule has 23 heavy (non-hydrogen) atoms. The zero-order valence-corrected chi connectivity index (χ0v) is 15.6. The summed E-state index contributed by atoms with van der Waals surface area (Å²) in [5.74, 6) is 0.852. The predicted octanol–water partition coefficient (Wildman–Crippen LogP) is 2.56. The Balaban J connectivity index is 2.57. The van der Waals surface area contributed by atoms with Crippen LogP contribution in [-0.2, 0) is 6.54 Å². The number of aryl methyl sites for hydroxylation is 1. The maximum Gasteiger partial charge on any atom is 0.191 e. The molecule has 5 nitrogen and oxygen atoms in total. The molecule has 1 aromatic heterocycles. The normalized spacial score (nSPS) is 12.3. The van der Waals surface area contributed by atoms with Crippen LogP contribution in [0.2, 0.25) is 0 Å². The van der Waals surface area contributed by atoms with E-state index in [0.717, 1.165) is 31.3 Å². The Kier molecular flexibility index (Phi) is 8.62. The minimum Gasteiger partial charge on any atom is -0.357 e. The number of nitrogens with one attached hydrogen (secondary N) is 2. The highest BCUT2D eigenvalue weighted by molar-refractivity contribution is 5.79. The van der Waals surface area contributed by atoms with Crippen LogP contribution in [-0.4, -0.2) is 47.6 Å². The van der Waals surface area contributed by atoms with Crippen LogP contribution in [0.15, 0.2) is 23.3 Å². The SMILES string of the molecule is CCNC(=NCc1ncccc1C)NCCN(C(C)C)C(C)C. The van der Waals surface area contributed by atoms with E-state index < -0.39 is 0 Å². The second-order valence-corrected chi connectivity index (χ2v) is 6.31. The minimum absolute atomic E-state index is 0.549. The third kappa shape index (κ3) is 6.99. The van der Waals surface area contributed by atoms with Gasteiger partial charge in [-0.05, 0) is 53.2 Å². The molecule has 2 N–H and O–H groups in total. The summed E-state index contributed by atoms with van der Waals surface area (Å²) in [6, 6.07) is 5.12. The summed E-state index contributed by atoms with van der Waals surface area (Å²) in [5.41, 5.74) is 2.20. The van der Waals surface area contributed by atoms with E-state index >= 15 is 0 Å². The maximum atomic E-state index is 4.64. The van der Waals surface area contributed by atoms with Crippen molar-refractivity contribution in [3.63, 3.8) is 0 Å². The molecular formula is C18H33N5. The molecule has 0 saturated heterocycles. The van der Waals surface area contributed by atoms with Crippen molar-refractivity contribution in [3.05, 3.63) is 29.6 Å². The largest absolute Gasteiger partial charge is 0.357 e. The average Bonchev–Trinajstić information content (AvgIpc) is 2.49. The third-order valence-corrected chi connectivity index (χ3v) is 3.84. The van der Waals surface area contributed by atoms with Gasteiger partial charge in [0.1, 0.15) is 0 Å². The van der Waals surface area contributed by atoms with E-state index in [-0.39, 0.29) is 0 Å². The van der Waals surface area contributed by atoms with Gasteiger partial charge in [-0.2, -0.15) is 0 Å². The van der Waals surface area contributed by atoms with Crippen LogP contribution in [0.3, 0.4) is 0 Å². The first-order valence-corrected chi connectivity index (χ1v) is 8.64. The van der Waals surface area contributed by atoms with E-state index in [1.807, 2.05) is 12.3 Å². The topological polar surface area (TPSA) is 52.6 Å². The fourth-order valence-corrected chi connectivity index (χ4v) is 2.60. The number of aliphatic imine (C=N–C) groups is 1. The summed E-state index contributed by atoms with van der Waals surface area (Å²) in [6.45, 7) is 16.4. The van der Waals surface area contributed by atoms with Crippen LogP contribution in [0.1, 0.15) is 45.9 Å². The number of pyridine rings is 1. The Hall–Kier alpha value is -1.62. The van der Waals surface area contributed by atoms with E-state index in [9.17, 15) is 0 Å². The highest BCUT2D eigenvalue weighted by Crippen LogP contribution is 2.05. The number of aromatic nitrogens is 1. The quantitative estimate of drug-likeness (QED) is 0.571. The van der Waals surface area contributed by atoms with E-state index in [1.54, 1.807) is 0 Å². The van der Waals surface area contributed by atoms with E-state index in [0.29, 0.717) is 18.6 Å². The van der Waals surface area contributed by atoms with Crippen LogP contribution in [0.4, 0.5) is 0 Å². The molecule has 0 fully saturated rings. The summed E-state index contributed by atoms with van der Waals surface area (Å²) in [4.78, 5) is 11.5. The summed E-state index contributed by atoms with van der Waals surface area (Å²) >= 11 is 0. The van der Waals surface area contributed by atoms with Gasteiger partial charge in [-0.25, -0.2) is 4.99 Å². The van der Waals surface area contributed by atoms with Gasteiger partial charge in [0, 0.05) is 37.9 Å². The van der Waals surface area contributed by atoms with Crippen molar-refractivity contribution in [1.82, 2.24) is 20.5 Å². The number of nitrogens with zero attached hydrogens (tertiary/aromatic N) is 3. The minimum atomic E-state index is 0.549. The van der Waals surface area contributed by atoms with Crippen LogP contribution >= 0.6 is 0 Å². The maximum absolute atomic E-state index is 4.64. The van der Waals surface area contributed by atoms with Crippen LogP contribution in [0.5, 0.6) is 0 Å². The molecule has 0 spiro atoms. The summed E-state index contributed by atoms with van der Waals surface area (Å²) in [5, 5.41) is 6.72. The van der Waals surface area contributed by atoms with E-state index in [4.69, 9.17) is 0 Å². The molecular weight excluding hydrogens is 286 g/mol. The summed E-state index contributed by atoms with van der Waals surface area (Å²) < 4.78 is 0. The first kappa shape index (κ1) is 19.4. The first-order valence-electron chi connectivity index (χ1n) is 8.64. The number of hydrogen-bond acceptors (Lipinski definition) is 3. The van der Waals surface area contributed by atoms with Gasteiger partial charge < -0.3 is 10.6 Å². The molecule has 0 saturated carbocycles. The lowest BCUT2D eigenvalue weighted by molar-refractivity contribution is 0.178. The molecule has 0 aliphatic rings. The van der Waals surface area contributed by atoms with Crippen LogP contribution < -0.4 is 10.6 Å². The summed E-state index contributed by atoms with van der Waals surface area (Å²) in [7, 11) is 0. The molecule has 1 rings (SSSR count). The first-order chi connectivity index (χ1) is 11.0. The van der Waals surface area contributed by atoms with Crippen molar-refractivity contribution in [2.75, 3.05) is 19.6 Å². The molecule has 0 aromatic carbocycles. The van der Waals surface area contributed by atoms with Gasteiger partial charge in [-0.1, -0.05) is 6.07 Å². The molecule has 5 heteroatoms. The third-order valence-electron chi connectivity index (χ3n) is 3.84. The van der Waals surface area contributed by atoms with Crippen molar-refractivity contribution < 1.29 is 0 Å². The molecule has 0 radical (unpaired) electrons. The molecule has 130 valence electrons. The van der Waals surface area contributed by atoms with Crippen molar-refractivity contribution >= 4 is 5.96 Å². The van der Waals surface area contributed by atoms with Gasteiger partial charge in [-0.3, -0.25) is 9.88 Å². The highest BCUT2D eigenvalue weighted by atomic mass is 15.2. The molecule has 1 heterocycles.